The number of halogens is 1. The number of alkyl carbamates (subject to hydrolysis) is 1. The minimum absolute atomic E-state index is 0.0719. The Morgan fingerprint density at radius 3 is 2.44 bits per heavy atom. The largest absolute Gasteiger partial charge is 0.467 e. The second kappa shape index (κ2) is 14.2. The molecule has 2 heterocycles. The number of rotatable bonds is 6. The second-order valence-corrected chi connectivity index (χ2v) is 14.7. The van der Waals surface area contributed by atoms with Gasteiger partial charge in [0, 0.05) is 23.4 Å². The molecule has 2 N–H and O–H groups in total. The molecule has 1 saturated heterocycles. The fourth-order valence-electron chi connectivity index (χ4n) is 6.47. The van der Waals surface area contributed by atoms with Gasteiger partial charge in [-0.15, -0.1) is 0 Å². The Labute approximate surface area is 271 Å². The Balaban J connectivity index is 1.41. The van der Waals surface area contributed by atoms with E-state index < -0.39 is 57.7 Å². The molecule has 0 aromatic heterocycles. The number of methoxy groups -OCH3 is 1. The molecule has 4 aliphatic rings. The van der Waals surface area contributed by atoms with Crippen LogP contribution in [0.25, 0.3) is 0 Å². The summed E-state index contributed by atoms with van der Waals surface area (Å²) in [5.74, 6) is -2.03. The van der Waals surface area contributed by atoms with E-state index in [2.05, 4.69) is 26.6 Å². The first-order valence-electron chi connectivity index (χ1n) is 15.6. The van der Waals surface area contributed by atoms with E-state index >= 15 is 0 Å². The van der Waals surface area contributed by atoms with Crippen LogP contribution in [0.2, 0.25) is 0 Å². The summed E-state index contributed by atoms with van der Waals surface area (Å²) in [5.41, 5.74) is -1.28. The molecule has 3 fully saturated rings. The number of nitrogens with zero attached hydrogens (tertiary/aromatic N) is 1. The van der Waals surface area contributed by atoms with Gasteiger partial charge in [-0.05, 0) is 75.6 Å². The molecule has 1 unspecified atom stereocenters. The van der Waals surface area contributed by atoms with Gasteiger partial charge in [-0.25, -0.2) is 9.59 Å². The predicted octanol–water partition coefficient (Wildman–Crippen LogP) is 3.73. The molecular formula is C31H40BrN3O9S. The fourth-order valence-corrected chi connectivity index (χ4v) is 7.81. The van der Waals surface area contributed by atoms with Crippen molar-refractivity contribution < 1.29 is 41.3 Å². The maximum atomic E-state index is 14.1. The Bertz CT molecular complexity index is 1410. The van der Waals surface area contributed by atoms with Crippen LogP contribution in [0.3, 0.4) is 0 Å². The van der Waals surface area contributed by atoms with Crippen LogP contribution in [0.4, 0.5) is 4.79 Å². The van der Waals surface area contributed by atoms with E-state index in [4.69, 9.17) is 13.7 Å². The minimum atomic E-state index is -4.24. The Morgan fingerprint density at radius 2 is 1.73 bits per heavy atom. The first kappa shape index (κ1) is 33.4. The van der Waals surface area contributed by atoms with E-state index in [9.17, 15) is 27.6 Å². The molecule has 2 saturated carbocycles. The molecule has 5 atom stereocenters. The number of nitrogens with one attached hydrogen (secondary N) is 2. The summed E-state index contributed by atoms with van der Waals surface area (Å²) in [7, 11) is -2.99. The summed E-state index contributed by atoms with van der Waals surface area (Å²) >= 11 is 3.28. The Kier molecular flexibility index (Phi) is 10.5. The molecular weight excluding hydrogens is 670 g/mol. The molecule has 0 spiro atoms. The van der Waals surface area contributed by atoms with Crippen LogP contribution in [-0.2, 0) is 38.2 Å². The van der Waals surface area contributed by atoms with Gasteiger partial charge >= 0.3 is 12.1 Å². The molecule has 12 nitrogen and oxygen atoms in total. The molecule has 5 rings (SSSR count). The molecule has 14 heteroatoms. The monoisotopic (exact) mass is 709 g/mol. The molecule has 246 valence electrons. The highest BCUT2D eigenvalue weighted by Gasteiger charge is 2.62. The number of carbonyl (C=O) groups excluding carboxylic acids is 4. The van der Waals surface area contributed by atoms with Gasteiger partial charge < -0.3 is 25.0 Å². The van der Waals surface area contributed by atoms with E-state index in [-0.39, 0.29) is 29.9 Å². The van der Waals surface area contributed by atoms with Crippen LogP contribution in [0.5, 0.6) is 0 Å². The standard InChI is InChI=1S/C31H40BrN3O9S/c1-42-29(38)31-18-20(31)9-5-3-2-4-6-12-25(33-30(39)43-22-10-7-8-11-22)28(37)35-19-23(17-26(35)27(36)34-31)44-45(40,41)24-15-13-21(32)14-16-24/h5,9,13-16,20,22-23,25-26H,2-4,6-8,10-12,17-19H2,1H3,(H,33,39)(H,34,36)/b9-5-/t20-,23+,25+,26?,31-/m1/s1. The summed E-state index contributed by atoms with van der Waals surface area (Å²) in [6.45, 7) is -0.211. The van der Waals surface area contributed by atoms with Gasteiger partial charge in [-0.3, -0.25) is 13.8 Å². The zero-order valence-electron chi connectivity index (χ0n) is 25.2. The summed E-state index contributed by atoms with van der Waals surface area (Å²) in [5, 5.41) is 5.55. The van der Waals surface area contributed by atoms with Crippen molar-refractivity contribution in [2.24, 2.45) is 5.92 Å². The number of hydrogen-bond acceptors (Lipinski definition) is 9. The van der Waals surface area contributed by atoms with Gasteiger partial charge in [0.2, 0.25) is 11.8 Å². The third kappa shape index (κ3) is 7.89. The van der Waals surface area contributed by atoms with Crippen molar-refractivity contribution in [3.63, 3.8) is 0 Å². The molecule has 0 bridgehead atoms. The van der Waals surface area contributed by atoms with E-state index in [1.54, 1.807) is 12.1 Å². The maximum Gasteiger partial charge on any atom is 0.408 e. The van der Waals surface area contributed by atoms with Crippen molar-refractivity contribution in [3.05, 3.63) is 40.9 Å². The van der Waals surface area contributed by atoms with Crippen molar-refractivity contribution in [2.45, 2.75) is 105 Å². The lowest BCUT2D eigenvalue weighted by Gasteiger charge is -2.29. The minimum Gasteiger partial charge on any atom is -0.467 e. The molecule has 2 aliphatic heterocycles. The number of hydrogen-bond donors (Lipinski definition) is 2. The number of benzene rings is 1. The number of esters is 1. The molecule has 0 radical (unpaired) electrons. The highest BCUT2D eigenvalue weighted by Crippen LogP contribution is 2.46. The zero-order valence-corrected chi connectivity index (χ0v) is 27.6. The number of fused-ring (bicyclic) bond motifs is 2. The van der Waals surface area contributed by atoms with Crippen LogP contribution in [0.1, 0.15) is 70.6 Å². The summed E-state index contributed by atoms with van der Waals surface area (Å²) in [6, 6.07) is 3.76. The van der Waals surface area contributed by atoms with Gasteiger partial charge in [0.1, 0.15) is 23.7 Å². The van der Waals surface area contributed by atoms with E-state index in [0.29, 0.717) is 23.7 Å². The lowest BCUT2D eigenvalue weighted by molar-refractivity contribution is -0.148. The van der Waals surface area contributed by atoms with Crippen LogP contribution in [0.15, 0.2) is 45.8 Å². The Hall–Kier alpha value is -2.97. The van der Waals surface area contributed by atoms with Crippen LogP contribution >= 0.6 is 15.9 Å². The van der Waals surface area contributed by atoms with Crippen molar-refractivity contribution in [2.75, 3.05) is 13.7 Å². The highest BCUT2D eigenvalue weighted by atomic mass is 79.9. The molecule has 1 aromatic carbocycles. The summed E-state index contributed by atoms with van der Waals surface area (Å²) in [6.07, 6.45) is 8.96. The van der Waals surface area contributed by atoms with E-state index in [1.807, 2.05) is 12.2 Å². The maximum absolute atomic E-state index is 14.1. The van der Waals surface area contributed by atoms with E-state index in [1.165, 1.54) is 24.1 Å². The molecule has 2 aliphatic carbocycles. The molecule has 45 heavy (non-hydrogen) atoms. The van der Waals surface area contributed by atoms with Crippen molar-refractivity contribution >= 4 is 49.9 Å². The first-order chi connectivity index (χ1) is 21.5. The van der Waals surface area contributed by atoms with Gasteiger partial charge in [0.15, 0.2) is 0 Å². The van der Waals surface area contributed by atoms with Crippen LogP contribution in [-0.4, -0.2) is 80.7 Å². The van der Waals surface area contributed by atoms with Gasteiger partial charge in [0.25, 0.3) is 10.1 Å². The Morgan fingerprint density at radius 1 is 1.02 bits per heavy atom. The molecule has 1 aromatic rings. The van der Waals surface area contributed by atoms with Gasteiger partial charge in [-0.2, -0.15) is 8.42 Å². The lowest BCUT2D eigenvalue weighted by Crippen LogP contribution is -2.56. The predicted molar refractivity (Wildman–Crippen MR) is 165 cm³/mol. The summed E-state index contributed by atoms with van der Waals surface area (Å²) < 4.78 is 43.1. The average molecular weight is 711 g/mol. The number of allylic oxidation sites excluding steroid dienone is 1. The van der Waals surface area contributed by atoms with Crippen molar-refractivity contribution in [3.8, 4) is 0 Å². The normalized spacial score (nSPS) is 30.2. The topological polar surface area (TPSA) is 157 Å². The third-order valence-electron chi connectivity index (χ3n) is 9.02. The van der Waals surface area contributed by atoms with Crippen LogP contribution in [0, 0.1) is 5.92 Å². The van der Waals surface area contributed by atoms with Crippen molar-refractivity contribution in [1.82, 2.24) is 15.5 Å². The second-order valence-electron chi connectivity index (χ2n) is 12.2. The van der Waals surface area contributed by atoms with Gasteiger partial charge in [-0.1, -0.05) is 40.9 Å². The van der Waals surface area contributed by atoms with Crippen LogP contribution < -0.4 is 10.6 Å². The van der Waals surface area contributed by atoms with Gasteiger partial charge in [0.05, 0.1) is 18.1 Å². The third-order valence-corrected chi connectivity index (χ3v) is 10.9. The smallest absolute Gasteiger partial charge is 0.408 e. The summed E-state index contributed by atoms with van der Waals surface area (Å²) in [4.78, 5) is 54.9. The highest BCUT2D eigenvalue weighted by molar-refractivity contribution is 9.10. The molecule has 3 amide bonds. The SMILES string of the molecule is COC(=O)[C@@]12C[C@H]1/C=C\CCCCC[C@H](NC(=O)OC1CCCC1)C(=O)N1C[C@@H](OS(=O)(=O)c3ccc(Br)cc3)CC1C(=O)N2. The number of amides is 3. The van der Waals surface area contributed by atoms with E-state index in [0.717, 1.165) is 44.9 Å². The quantitative estimate of drug-likeness (QED) is 0.255. The first-order valence-corrected chi connectivity index (χ1v) is 17.8. The average Bonchev–Trinajstić information content (AvgIpc) is 3.29. The zero-order chi connectivity index (χ0) is 32.2. The fraction of sp³-hybridized carbons (Fsp3) is 0.613. The number of ether oxygens (including phenoxy) is 2. The number of carbonyl (C=O) groups is 4. The van der Waals surface area contributed by atoms with Crippen molar-refractivity contribution in [1.29, 1.82) is 0 Å². The lowest BCUT2D eigenvalue weighted by atomic mass is 10.0.